The molecular formula is C11H21N3S. The SMILES string of the molecule is CCc1ccc(CN(CCN)CCN)s1. The Morgan fingerprint density at radius 3 is 2.20 bits per heavy atom. The van der Waals surface area contributed by atoms with Crippen molar-refractivity contribution in [2.24, 2.45) is 11.5 Å². The van der Waals surface area contributed by atoms with Crippen molar-refractivity contribution in [2.75, 3.05) is 26.2 Å². The van der Waals surface area contributed by atoms with Crippen LogP contribution >= 0.6 is 11.3 Å². The lowest BCUT2D eigenvalue weighted by molar-refractivity contribution is 0.283. The van der Waals surface area contributed by atoms with Gasteiger partial charge in [-0.1, -0.05) is 6.92 Å². The van der Waals surface area contributed by atoms with Gasteiger partial charge in [-0.2, -0.15) is 0 Å². The van der Waals surface area contributed by atoms with Crippen LogP contribution in [-0.2, 0) is 13.0 Å². The van der Waals surface area contributed by atoms with Crippen molar-refractivity contribution in [1.82, 2.24) is 4.90 Å². The van der Waals surface area contributed by atoms with Gasteiger partial charge in [0.15, 0.2) is 0 Å². The number of hydrogen-bond acceptors (Lipinski definition) is 4. The first-order chi connectivity index (χ1) is 7.30. The van der Waals surface area contributed by atoms with E-state index in [1.807, 2.05) is 11.3 Å². The maximum Gasteiger partial charge on any atom is 0.0329 e. The van der Waals surface area contributed by atoms with E-state index < -0.39 is 0 Å². The van der Waals surface area contributed by atoms with Gasteiger partial charge in [-0.15, -0.1) is 11.3 Å². The third-order valence-corrected chi connectivity index (χ3v) is 3.55. The minimum atomic E-state index is 0.700. The van der Waals surface area contributed by atoms with Crippen molar-refractivity contribution in [3.05, 3.63) is 21.9 Å². The lowest BCUT2D eigenvalue weighted by Crippen LogP contribution is -2.33. The fraction of sp³-hybridized carbons (Fsp3) is 0.636. The molecule has 4 N–H and O–H groups in total. The molecule has 0 spiro atoms. The van der Waals surface area contributed by atoms with Crippen molar-refractivity contribution in [3.63, 3.8) is 0 Å². The summed E-state index contributed by atoms with van der Waals surface area (Å²) in [6.07, 6.45) is 1.12. The summed E-state index contributed by atoms with van der Waals surface area (Å²) in [5.41, 5.74) is 11.1. The Morgan fingerprint density at radius 2 is 1.73 bits per heavy atom. The average Bonchev–Trinajstić information content (AvgIpc) is 2.66. The standard InChI is InChI=1S/C11H21N3S/c1-2-10-3-4-11(15-10)9-14(7-5-12)8-6-13/h3-4H,2,5-9,12-13H2,1H3. The summed E-state index contributed by atoms with van der Waals surface area (Å²) in [6, 6.07) is 4.42. The third kappa shape index (κ3) is 4.30. The Bertz CT molecular complexity index is 267. The molecule has 0 fully saturated rings. The number of aryl methyl sites for hydroxylation is 1. The number of thiophene rings is 1. The van der Waals surface area contributed by atoms with Crippen molar-refractivity contribution in [2.45, 2.75) is 19.9 Å². The van der Waals surface area contributed by atoms with Crippen LogP contribution in [0.4, 0.5) is 0 Å². The van der Waals surface area contributed by atoms with E-state index in [1.54, 1.807) is 0 Å². The highest BCUT2D eigenvalue weighted by Crippen LogP contribution is 2.18. The van der Waals surface area contributed by atoms with Crippen molar-refractivity contribution < 1.29 is 0 Å². The van der Waals surface area contributed by atoms with Crippen LogP contribution in [0.15, 0.2) is 12.1 Å². The maximum absolute atomic E-state index is 5.57. The Balaban J connectivity index is 2.48. The molecule has 1 rings (SSSR count). The third-order valence-electron chi connectivity index (χ3n) is 2.34. The highest BCUT2D eigenvalue weighted by atomic mass is 32.1. The van der Waals surface area contributed by atoms with E-state index >= 15 is 0 Å². The van der Waals surface area contributed by atoms with Gasteiger partial charge in [-0.25, -0.2) is 0 Å². The summed E-state index contributed by atoms with van der Waals surface area (Å²) in [4.78, 5) is 5.17. The van der Waals surface area contributed by atoms with Crippen molar-refractivity contribution >= 4 is 11.3 Å². The predicted molar refractivity (Wildman–Crippen MR) is 67.1 cm³/mol. The molecule has 1 aromatic heterocycles. The van der Waals surface area contributed by atoms with E-state index in [2.05, 4.69) is 24.0 Å². The van der Waals surface area contributed by atoms with Gasteiger partial charge >= 0.3 is 0 Å². The molecule has 0 saturated heterocycles. The minimum absolute atomic E-state index is 0.700. The number of nitrogens with zero attached hydrogens (tertiary/aromatic N) is 1. The molecule has 0 aromatic carbocycles. The van der Waals surface area contributed by atoms with Crippen LogP contribution in [0.25, 0.3) is 0 Å². The summed E-state index contributed by atoms with van der Waals surface area (Å²) >= 11 is 1.89. The predicted octanol–water partition coefficient (Wildman–Crippen LogP) is 1.03. The molecule has 0 bridgehead atoms. The Labute approximate surface area is 96.1 Å². The van der Waals surface area contributed by atoms with E-state index in [0.717, 1.165) is 26.1 Å². The molecule has 1 heterocycles. The van der Waals surface area contributed by atoms with Gasteiger partial charge in [-0.3, -0.25) is 4.90 Å². The number of hydrogen-bond donors (Lipinski definition) is 2. The van der Waals surface area contributed by atoms with E-state index in [4.69, 9.17) is 11.5 Å². The minimum Gasteiger partial charge on any atom is -0.329 e. The molecule has 0 atom stereocenters. The summed E-state index contributed by atoms with van der Waals surface area (Å²) in [5.74, 6) is 0. The van der Waals surface area contributed by atoms with Gasteiger partial charge in [0.05, 0.1) is 0 Å². The summed E-state index contributed by atoms with van der Waals surface area (Å²) in [5, 5.41) is 0. The molecule has 1 aromatic rings. The van der Waals surface area contributed by atoms with Crippen LogP contribution in [-0.4, -0.2) is 31.1 Å². The van der Waals surface area contributed by atoms with Crippen LogP contribution in [0.1, 0.15) is 16.7 Å². The zero-order chi connectivity index (χ0) is 11.1. The normalized spacial score (nSPS) is 11.2. The molecule has 86 valence electrons. The lowest BCUT2D eigenvalue weighted by Gasteiger charge is -2.19. The smallest absolute Gasteiger partial charge is 0.0329 e. The van der Waals surface area contributed by atoms with Crippen molar-refractivity contribution in [3.8, 4) is 0 Å². The molecule has 3 nitrogen and oxygen atoms in total. The molecule has 0 aliphatic carbocycles. The first-order valence-corrected chi connectivity index (χ1v) is 6.31. The molecule has 15 heavy (non-hydrogen) atoms. The second kappa shape index (κ2) is 6.95. The molecule has 0 aliphatic heterocycles. The molecule has 4 heteroatoms. The second-order valence-electron chi connectivity index (χ2n) is 3.58. The van der Waals surface area contributed by atoms with Gasteiger partial charge in [-0.05, 0) is 18.6 Å². The van der Waals surface area contributed by atoms with E-state index in [1.165, 1.54) is 9.75 Å². The Hall–Kier alpha value is -0.420. The summed E-state index contributed by atoms with van der Waals surface area (Å²) in [6.45, 7) is 6.43. The van der Waals surface area contributed by atoms with Crippen LogP contribution in [0, 0.1) is 0 Å². The van der Waals surface area contributed by atoms with Crippen molar-refractivity contribution in [1.29, 1.82) is 0 Å². The average molecular weight is 227 g/mol. The second-order valence-corrected chi connectivity index (χ2v) is 4.83. The zero-order valence-corrected chi connectivity index (χ0v) is 10.2. The van der Waals surface area contributed by atoms with E-state index in [0.29, 0.717) is 13.1 Å². The van der Waals surface area contributed by atoms with Gasteiger partial charge in [0.25, 0.3) is 0 Å². The zero-order valence-electron chi connectivity index (χ0n) is 9.41. The quantitative estimate of drug-likeness (QED) is 0.731. The Kier molecular flexibility index (Phi) is 5.86. The topological polar surface area (TPSA) is 55.3 Å². The maximum atomic E-state index is 5.57. The monoisotopic (exact) mass is 227 g/mol. The highest BCUT2D eigenvalue weighted by Gasteiger charge is 2.05. The molecular weight excluding hydrogens is 206 g/mol. The van der Waals surface area contributed by atoms with Gasteiger partial charge in [0.2, 0.25) is 0 Å². The largest absolute Gasteiger partial charge is 0.329 e. The fourth-order valence-electron chi connectivity index (χ4n) is 1.55. The van der Waals surface area contributed by atoms with Crippen LogP contribution in [0.3, 0.4) is 0 Å². The lowest BCUT2D eigenvalue weighted by atomic mass is 10.3. The van der Waals surface area contributed by atoms with Gasteiger partial charge in [0.1, 0.15) is 0 Å². The molecule has 0 saturated carbocycles. The van der Waals surface area contributed by atoms with Gasteiger partial charge < -0.3 is 11.5 Å². The molecule has 0 amide bonds. The van der Waals surface area contributed by atoms with E-state index in [9.17, 15) is 0 Å². The van der Waals surface area contributed by atoms with Gasteiger partial charge in [0, 0.05) is 42.5 Å². The van der Waals surface area contributed by atoms with Crippen LogP contribution in [0.5, 0.6) is 0 Å². The molecule has 0 radical (unpaired) electrons. The molecule has 0 unspecified atom stereocenters. The number of nitrogens with two attached hydrogens (primary N) is 2. The Morgan fingerprint density at radius 1 is 1.13 bits per heavy atom. The van der Waals surface area contributed by atoms with Crippen LogP contribution in [0.2, 0.25) is 0 Å². The number of rotatable bonds is 7. The fourth-order valence-corrected chi connectivity index (χ4v) is 2.55. The first-order valence-electron chi connectivity index (χ1n) is 5.50. The first kappa shape index (κ1) is 12.6. The van der Waals surface area contributed by atoms with Crippen LogP contribution < -0.4 is 11.5 Å². The summed E-state index contributed by atoms with van der Waals surface area (Å²) in [7, 11) is 0. The molecule has 0 aliphatic rings. The summed E-state index contributed by atoms with van der Waals surface area (Å²) < 4.78 is 0. The highest BCUT2D eigenvalue weighted by molar-refractivity contribution is 7.11. The van der Waals surface area contributed by atoms with E-state index in [-0.39, 0.29) is 0 Å².